The maximum atomic E-state index is 10.4. The number of nitrogens with one attached hydrogen (secondary N) is 2. The van der Waals surface area contributed by atoms with Gasteiger partial charge in [0.15, 0.2) is 5.41 Å². The summed E-state index contributed by atoms with van der Waals surface area (Å²) in [5, 5.41) is 47.0. The van der Waals surface area contributed by atoms with E-state index < -0.39 is 59.0 Å². The van der Waals surface area contributed by atoms with E-state index in [9.17, 15) is 9.59 Å². The Morgan fingerprint density at radius 2 is 0.850 bits per heavy atom. The Bertz CT molecular complexity index is 528. The molecule has 40 heavy (non-hydrogen) atoms. The molecule has 0 bridgehead atoms. The molecule has 2 rings (SSSR count). The number of nitrogens with two attached hydrogens (primary N) is 6. The average Bonchev–Trinajstić information content (AvgIpc) is 2.64. The van der Waals surface area contributed by atoms with Gasteiger partial charge in [0.25, 0.3) is 0 Å². The molecule has 0 heterocycles. The summed E-state index contributed by atoms with van der Waals surface area (Å²) in [6.07, 6.45) is 5.50. The van der Waals surface area contributed by atoms with Crippen LogP contribution in [-0.4, -0.2) is 79.8 Å². The zero-order valence-corrected chi connectivity index (χ0v) is 31.4. The van der Waals surface area contributed by atoms with Crippen LogP contribution in [0.3, 0.4) is 0 Å². The number of aliphatic hydroxyl groups is 2. The number of carbonyl (C=O) groups is 4. The van der Waals surface area contributed by atoms with Gasteiger partial charge in [-0.3, -0.25) is 9.59 Å². The van der Waals surface area contributed by atoms with Crippen LogP contribution in [0.15, 0.2) is 0 Å². The Kier molecular flexibility index (Phi) is 96.4. The zero-order chi connectivity index (χ0) is 25.0. The minimum atomic E-state index is -1.44. The molecule has 0 saturated heterocycles. The number of aliphatic carboxylic acids is 4. The Balaban J connectivity index is -0.0000000242. The fourth-order valence-electron chi connectivity index (χ4n) is 2.18. The second-order valence-corrected chi connectivity index (χ2v) is 9.48. The van der Waals surface area contributed by atoms with E-state index in [4.69, 9.17) is 70.5 Å². The molecule has 0 unspecified atom stereocenters. The van der Waals surface area contributed by atoms with Gasteiger partial charge in [-0.1, -0.05) is 25.7 Å². The number of hydrogen-bond acceptors (Lipinski definition) is 6. The van der Waals surface area contributed by atoms with Gasteiger partial charge in [0.05, 0.1) is 0 Å². The van der Waals surface area contributed by atoms with Gasteiger partial charge in [-0.05, 0) is 19.3 Å². The molecule has 2 aliphatic rings. The van der Waals surface area contributed by atoms with Crippen LogP contribution in [-0.2, 0) is 98.9 Å². The summed E-state index contributed by atoms with van der Waals surface area (Å²) in [6.45, 7) is -1.56. The monoisotopic (exact) mass is 1350 g/mol. The van der Waals surface area contributed by atoms with Crippen LogP contribution >= 0.6 is 18.8 Å². The molecule has 0 radical (unpaired) electrons. The Morgan fingerprint density at radius 1 is 0.650 bits per heavy atom. The first-order chi connectivity index (χ1) is 14.4. The van der Waals surface area contributed by atoms with Gasteiger partial charge in [-0.2, -0.15) is 12.1 Å². The third kappa shape index (κ3) is 43.3. The van der Waals surface area contributed by atoms with Crippen molar-refractivity contribution in [3.63, 3.8) is 0 Å². The van der Waals surface area contributed by atoms with Gasteiger partial charge in [-0.15, -0.1) is 0 Å². The summed E-state index contributed by atoms with van der Waals surface area (Å²) in [5.74, 6) is -4.78. The van der Waals surface area contributed by atoms with E-state index in [1.165, 1.54) is 12.8 Å². The SMILES string of the molecule is O=C(O)C1(C(=O)O)CCC1.O=C(O)CO.O=C(O)CO.[Cl][Pt+2][Cl].[NH-][C@@H]1CCCC[C@H]1[NH-].[NH2-].[NH2-].[NH2-].[NH2-].[NH2-].[NH2-].[Pt+2].[Pt+2].[Pt+2]. The number of carboxylic acids is 4. The van der Waals surface area contributed by atoms with E-state index in [0.717, 1.165) is 12.8 Å². The van der Waals surface area contributed by atoms with E-state index in [2.05, 4.69) is 0 Å². The second kappa shape index (κ2) is 49.5. The van der Waals surface area contributed by atoms with Gasteiger partial charge < -0.3 is 79.0 Å². The Hall–Kier alpha value is 0.813. The van der Waals surface area contributed by atoms with Crippen molar-refractivity contribution in [1.29, 1.82) is 0 Å². The van der Waals surface area contributed by atoms with Crippen LogP contribution in [0.1, 0.15) is 44.9 Å². The van der Waals surface area contributed by atoms with Crippen molar-refractivity contribution >= 4 is 42.7 Å². The Labute approximate surface area is 293 Å². The third-order valence-electron chi connectivity index (χ3n) is 4.06. The summed E-state index contributed by atoms with van der Waals surface area (Å²) in [6, 6.07) is -0.160. The van der Waals surface area contributed by atoms with Crippen LogP contribution in [0.2, 0.25) is 0 Å². The summed E-state index contributed by atoms with van der Waals surface area (Å²) >= 11 is -0.472. The first kappa shape index (κ1) is 77.9. The van der Waals surface area contributed by atoms with E-state index >= 15 is 0 Å². The van der Waals surface area contributed by atoms with E-state index in [1.807, 2.05) is 0 Å². The number of aliphatic hydroxyl groups excluding tert-OH is 2. The third-order valence-corrected chi connectivity index (χ3v) is 4.06. The van der Waals surface area contributed by atoms with Gasteiger partial charge in [0, 0.05) is 0 Å². The largest absolute Gasteiger partial charge is 2.00 e. The minimum Gasteiger partial charge on any atom is -0.693 e. The molecule has 0 spiro atoms. The predicted octanol–water partition coefficient (Wildman–Crippen LogP) is 6.53. The normalized spacial score (nSPS) is 15.7. The molecule has 0 aromatic carbocycles. The van der Waals surface area contributed by atoms with Crippen molar-refractivity contribution < 1.29 is 129 Å². The molecule has 258 valence electrons. The van der Waals surface area contributed by atoms with E-state index in [1.54, 1.807) is 0 Å². The molecule has 0 aromatic heterocycles. The average molecular weight is 1360 g/mol. The number of halogens is 2. The van der Waals surface area contributed by atoms with Crippen molar-refractivity contribution in [1.82, 2.24) is 0 Å². The van der Waals surface area contributed by atoms with Crippen LogP contribution in [0.25, 0.3) is 48.4 Å². The molecule has 2 atom stereocenters. The fourth-order valence-corrected chi connectivity index (χ4v) is 2.18. The van der Waals surface area contributed by atoms with E-state index in [-0.39, 0.29) is 125 Å². The number of hydrogen-bond donors (Lipinski definition) is 6. The summed E-state index contributed by atoms with van der Waals surface area (Å²) in [5.41, 5.74) is 13.1. The maximum absolute atomic E-state index is 10.4. The van der Waals surface area contributed by atoms with Crippen molar-refractivity contribution in [2.75, 3.05) is 13.2 Å². The molecule has 24 heteroatoms. The molecular weight excluding hydrogens is 1320 g/mol. The predicted molar refractivity (Wildman–Crippen MR) is 139 cm³/mol. The van der Waals surface area contributed by atoms with Crippen molar-refractivity contribution in [2.24, 2.45) is 5.41 Å². The van der Waals surface area contributed by atoms with E-state index in [0.29, 0.717) is 6.42 Å². The maximum Gasteiger partial charge on any atom is 2.00 e. The fraction of sp³-hybridized carbons (Fsp3) is 0.750. The van der Waals surface area contributed by atoms with Crippen LogP contribution < -0.4 is 0 Å². The molecule has 20 N–H and O–H groups in total. The summed E-state index contributed by atoms with van der Waals surface area (Å²) < 4.78 is 0. The molecule has 18 nitrogen and oxygen atoms in total. The number of rotatable bonds is 4. The van der Waals surface area contributed by atoms with Gasteiger partial charge >= 0.3 is 122 Å². The molecule has 0 amide bonds. The zero-order valence-electron chi connectivity index (χ0n) is 20.8. The van der Waals surface area contributed by atoms with Crippen LogP contribution in [0, 0.1) is 5.41 Å². The smallest absolute Gasteiger partial charge is 0.693 e. The number of carboxylic acid groups (broad SMARTS) is 4. The van der Waals surface area contributed by atoms with Crippen molar-refractivity contribution in [3.05, 3.63) is 48.4 Å². The Morgan fingerprint density at radius 3 is 0.900 bits per heavy atom. The first-order valence-electron chi connectivity index (χ1n) is 8.72. The molecule has 0 aliphatic heterocycles. The molecule has 2 aliphatic carbocycles. The van der Waals surface area contributed by atoms with Gasteiger partial charge in [0.2, 0.25) is 0 Å². The quantitative estimate of drug-likeness (QED) is 0.165. The minimum absolute atomic E-state index is 0. The standard InChI is InChI=1S/C6H12N2.C6H8O4.2C2H4O3.2ClH.6H2N.4Pt/c7-5-3-1-2-4-6(5)8;7-4(8)6(5(9)10)2-1-3-6;2*3-1-2(4)5;;;;;;;;;;;;/h5-8H,1-4H2;1-3H2,(H,7,8)(H,9,10);2*3H,1H2,(H,4,5);2*1H;6*1H2;;;;/q-2;;;;;;6*-1;3*+2;+4/p-2/t5-,6-;;;;;;;;;;;;;;;/m1.............../s1. The molecule has 2 fully saturated rings. The van der Waals surface area contributed by atoms with Crippen molar-refractivity contribution in [3.8, 4) is 0 Å². The van der Waals surface area contributed by atoms with Gasteiger partial charge in [0.1, 0.15) is 13.2 Å². The summed E-state index contributed by atoms with van der Waals surface area (Å²) in [7, 11) is 9.75. The first-order valence-corrected chi connectivity index (χ1v) is 14.4. The van der Waals surface area contributed by atoms with Crippen LogP contribution in [0.5, 0.6) is 0 Å². The molecular formula is C16H40Cl2N8O10Pt4. The summed E-state index contributed by atoms with van der Waals surface area (Å²) in [4.78, 5) is 39.0. The molecule has 2 saturated carbocycles. The van der Waals surface area contributed by atoms with Crippen molar-refractivity contribution in [2.45, 2.75) is 57.0 Å². The van der Waals surface area contributed by atoms with Gasteiger partial charge in [-0.25, -0.2) is 9.59 Å². The topological polar surface area (TPSA) is 438 Å². The molecule has 0 aromatic rings. The van der Waals surface area contributed by atoms with Crippen LogP contribution in [0.4, 0.5) is 0 Å². The second-order valence-electron chi connectivity index (χ2n) is 6.19.